The number of fused-ring (bicyclic) bond motifs is 1. The van der Waals surface area contributed by atoms with E-state index < -0.39 is 0 Å². The van der Waals surface area contributed by atoms with Gasteiger partial charge < -0.3 is 4.74 Å². The summed E-state index contributed by atoms with van der Waals surface area (Å²) in [5.41, 5.74) is 4.37. The number of carbonyl (C=O) groups is 2. The lowest BCUT2D eigenvalue weighted by atomic mass is 9.63. The van der Waals surface area contributed by atoms with E-state index >= 15 is 0 Å². The summed E-state index contributed by atoms with van der Waals surface area (Å²) in [6, 6.07) is 8.37. The maximum atomic E-state index is 13.3. The third-order valence-corrected chi connectivity index (χ3v) is 6.91. The zero-order valence-corrected chi connectivity index (χ0v) is 18.7. The van der Waals surface area contributed by atoms with Gasteiger partial charge in [-0.05, 0) is 62.0 Å². The highest BCUT2D eigenvalue weighted by Gasteiger charge is 2.47. The van der Waals surface area contributed by atoms with Crippen molar-refractivity contribution in [2.24, 2.45) is 16.3 Å². The van der Waals surface area contributed by atoms with Crippen molar-refractivity contribution < 1.29 is 14.3 Å². The first-order chi connectivity index (χ1) is 14.3. The Balaban J connectivity index is 1.77. The van der Waals surface area contributed by atoms with Crippen LogP contribution in [-0.4, -0.2) is 23.6 Å². The van der Waals surface area contributed by atoms with Gasteiger partial charge in [-0.2, -0.15) is 0 Å². The second-order valence-electron chi connectivity index (χ2n) is 9.95. The summed E-state index contributed by atoms with van der Waals surface area (Å²) < 4.78 is 5.90. The van der Waals surface area contributed by atoms with Gasteiger partial charge in [0.05, 0.1) is 11.5 Å². The molecule has 2 aliphatic carbocycles. The first-order valence-electron chi connectivity index (χ1n) is 11.4. The fourth-order valence-corrected chi connectivity index (χ4v) is 5.40. The minimum Gasteiger partial charge on any atom is -0.459 e. The summed E-state index contributed by atoms with van der Waals surface area (Å²) in [4.78, 5) is 31.4. The fourth-order valence-electron chi connectivity index (χ4n) is 5.40. The first kappa shape index (κ1) is 21.0. The van der Waals surface area contributed by atoms with Crippen molar-refractivity contribution in [3.63, 3.8) is 0 Å². The Morgan fingerprint density at radius 3 is 2.40 bits per heavy atom. The van der Waals surface area contributed by atoms with Gasteiger partial charge in [0.25, 0.3) is 0 Å². The lowest BCUT2D eigenvalue weighted by Gasteiger charge is -2.41. The van der Waals surface area contributed by atoms with Crippen LogP contribution >= 0.6 is 0 Å². The summed E-state index contributed by atoms with van der Waals surface area (Å²) in [6.07, 6.45) is 6.33. The van der Waals surface area contributed by atoms with Crippen molar-refractivity contribution in [2.75, 3.05) is 0 Å². The normalized spacial score (nSPS) is 26.4. The molecule has 0 radical (unpaired) electrons. The molecule has 4 nitrogen and oxygen atoms in total. The highest BCUT2D eigenvalue weighted by Crippen LogP contribution is 2.47. The molecule has 1 aromatic rings. The van der Waals surface area contributed by atoms with Gasteiger partial charge in [0.2, 0.25) is 0 Å². The molecule has 160 valence electrons. The van der Waals surface area contributed by atoms with Crippen LogP contribution in [0.2, 0.25) is 0 Å². The van der Waals surface area contributed by atoms with Crippen molar-refractivity contribution in [3.05, 3.63) is 46.7 Å². The molecule has 1 heterocycles. The highest BCUT2D eigenvalue weighted by atomic mass is 16.5. The zero-order valence-electron chi connectivity index (χ0n) is 18.7. The largest absolute Gasteiger partial charge is 0.459 e. The van der Waals surface area contributed by atoms with Gasteiger partial charge in [-0.3, -0.25) is 9.79 Å². The Hall–Kier alpha value is -2.23. The van der Waals surface area contributed by atoms with Crippen molar-refractivity contribution >= 4 is 17.5 Å². The predicted molar refractivity (Wildman–Crippen MR) is 119 cm³/mol. The van der Waals surface area contributed by atoms with E-state index in [1.807, 2.05) is 6.92 Å². The van der Waals surface area contributed by atoms with Gasteiger partial charge >= 0.3 is 5.97 Å². The molecule has 4 rings (SSSR count). The fraction of sp³-hybridized carbons (Fsp3) is 0.577. The van der Waals surface area contributed by atoms with E-state index in [1.54, 1.807) is 0 Å². The molecular weight excluding hydrogens is 374 g/mol. The molecule has 1 aliphatic heterocycles. The Kier molecular flexibility index (Phi) is 5.69. The Labute approximate surface area is 179 Å². The third kappa shape index (κ3) is 4.01. The molecule has 2 saturated carbocycles. The van der Waals surface area contributed by atoms with E-state index in [0.717, 1.165) is 49.8 Å². The van der Waals surface area contributed by atoms with E-state index in [2.05, 4.69) is 45.0 Å². The highest BCUT2D eigenvalue weighted by molar-refractivity contribution is 6.12. The van der Waals surface area contributed by atoms with Crippen LogP contribution in [0.25, 0.3) is 0 Å². The lowest BCUT2D eigenvalue weighted by molar-refractivity contribution is -0.144. The van der Waals surface area contributed by atoms with Crippen LogP contribution < -0.4 is 0 Å². The third-order valence-electron chi connectivity index (χ3n) is 6.91. The summed E-state index contributed by atoms with van der Waals surface area (Å²) in [7, 11) is 0. The van der Waals surface area contributed by atoms with Gasteiger partial charge in [0.15, 0.2) is 0 Å². The van der Waals surface area contributed by atoms with Crippen LogP contribution in [0.4, 0.5) is 0 Å². The number of carbonyl (C=O) groups excluding carboxylic acids is 2. The number of ether oxygens (including phenoxy) is 1. The standard InChI is InChI=1S/C26H33NO3/c1-5-17-10-12-18(13-11-17)23-22(25(29)30-19-8-6-7-9-19)16(2)27-20-14-26(3,4)15-21(28)24(20)23/h10-13,19,23-24H,5-9,14-15H2,1-4H3/t23-,24?/m0/s1. The molecule has 2 atom stereocenters. The summed E-state index contributed by atoms with van der Waals surface area (Å²) in [5.74, 6) is -0.765. The van der Waals surface area contributed by atoms with Gasteiger partial charge in [0, 0.05) is 23.7 Å². The maximum Gasteiger partial charge on any atom is 0.336 e. The van der Waals surface area contributed by atoms with Crippen molar-refractivity contribution in [1.82, 2.24) is 0 Å². The number of aliphatic imine (C=N–C) groups is 1. The van der Waals surface area contributed by atoms with E-state index in [0.29, 0.717) is 17.7 Å². The minimum absolute atomic E-state index is 0.00714. The lowest BCUT2D eigenvalue weighted by Crippen LogP contribution is -2.44. The zero-order chi connectivity index (χ0) is 21.5. The molecular formula is C26H33NO3. The van der Waals surface area contributed by atoms with Crippen molar-refractivity contribution in [2.45, 2.75) is 84.7 Å². The number of aryl methyl sites for hydroxylation is 1. The Bertz CT molecular complexity index is 901. The summed E-state index contributed by atoms with van der Waals surface area (Å²) in [6.45, 7) is 8.27. The number of allylic oxidation sites excluding steroid dienone is 1. The van der Waals surface area contributed by atoms with E-state index in [1.165, 1.54) is 5.56 Å². The van der Waals surface area contributed by atoms with E-state index in [4.69, 9.17) is 9.73 Å². The number of benzene rings is 1. The summed E-state index contributed by atoms with van der Waals surface area (Å²) in [5, 5.41) is 0. The number of hydrogen-bond acceptors (Lipinski definition) is 4. The average molecular weight is 408 g/mol. The van der Waals surface area contributed by atoms with Gasteiger partial charge in [-0.1, -0.05) is 45.0 Å². The topological polar surface area (TPSA) is 55.7 Å². The van der Waals surface area contributed by atoms with Crippen molar-refractivity contribution in [3.8, 4) is 0 Å². The number of nitrogens with zero attached hydrogens (tertiary/aromatic N) is 1. The monoisotopic (exact) mass is 407 g/mol. The maximum absolute atomic E-state index is 13.3. The molecule has 3 aliphatic rings. The molecule has 0 spiro atoms. The molecule has 30 heavy (non-hydrogen) atoms. The molecule has 0 amide bonds. The van der Waals surface area contributed by atoms with E-state index in [9.17, 15) is 9.59 Å². The van der Waals surface area contributed by atoms with Crippen LogP contribution in [0.1, 0.15) is 83.3 Å². The molecule has 0 saturated heterocycles. The number of esters is 1. The smallest absolute Gasteiger partial charge is 0.336 e. The Morgan fingerprint density at radius 2 is 1.77 bits per heavy atom. The predicted octanol–water partition coefficient (Wildman–Crippen LogP) is 5.55. The Morgan fingerprint density at radius 1 is 1.10 bits per heavy atom. The van der Waals surface area contributed by atoms with E-state index in [-0.39, 0.29) is 35.1 Å². The first-order valence-corrected chi connectivity index (χ1v) is 11.4. The molecule has 0 bridgehead atoms. The van der Waals surface area contributed by atoms with Crippen LogP contribution in [0.15, 0.2) is 40.5 Å². The van der Waals surface area contributed by atoms with Crippen LogP contribution in [0.5, 0.6) is 0 Å². The summed E-state index contributed by atoms with van der Waals surface area (Å²) >= 11 is 0. The van der Waals surface area contributed by atoms with Crippen LogP contribution in [0, 0.1) is 11.3 Å². The average Bonchev–Trinajstić information content (AvgIpc) is 3.18. The van der Waals surface area contributed by atoms with Gasteiger partial charge in [-0.25, -0.2) is 4.79 Å². The molecule has 0 aromatic heterocycles. The van der Waals surface area contributed by atoms with Gasteiger partial charge in [0.1, 0.15) is 11.9 Å². The van der Waals surface area contributed by atoms with Gasteiger partial charge in [-0.15, -0.1) is 0 Å². The van der Waals surface area contributed by atoms with Crippen LogP contribution in [0.3, 0.4) is 0 Å². The SMILES string of the molecule is CCc1ccc([C@H]2C(C(=O)OC3CCCC3)=C(C)N=C3CC(C)(C)CC(=O)C32)cc1. The second kappa shape index (κ2) is 8.13. The van der Waals surface area contributed by atoms with Crippen molar-refractivity contribution in [1.29, 1.82) is 0 Å². The quantitative estimate of drug-likeness (QED) is 0.615. The molecule has 1 aromatic carbocycles. The minimum atomic E-state index is -0.361. The number of Topliss-reactive ketones (excluding diaryl/α,β-unsaturated/α-hetero) is 1. The number of rotatable bonds is 4. The van der Waals surface area contributed by atoms with Crippen LogP contribution in [-0.2, 0) is 20.7 Å². The number of ketones is 1. The molecule has 2 fully saturated rings. The molecule has 4 heteroatoms. The molecule has 0 N–H and O–H groups in total. The molecule has 1 unspecified atom stereocenters. The number of hydrogen-bond donors (Lipinski definition) is 0. The second-order valence-corrected chi connectivity index (χ2v) is 9.95.